The van der Waals surface area contributed by atoms with Crippen LogP contribution < -0.4 is 20.5 Å². The summed E-state index contributed by atoms with van der Waals surface area (Å²) in [5.41, 5.74) is 5.65. The average molecular weight is 660 g/mol. The summed E-state index contributed by atoms with van der Waals surface area (Å²) in [4.78, 5) is 34.6. The zero-order valence-electron chi connectivity index (χ0n) is 24.6. The van der Waals surface area contributed by atoms with Gasteiger partial charge in [-0.25, -0.2) is 18.7 Å². The number of aromatic nitrogens is 2. The number of aryl methyl sites for hydroxylation is 1. The quantitative estimate of drug-likeness (QED) is 0.177. The molecule has 1 aliphatic rings. The van der Waals surface area contributed by atoms with Gasteiger partial charge in [-0.1, -0.05) is 23.2 Å². The number of nitrogens with one attached hydrogen (secondary N) is 1. The summed E-state index contributed by atoms with van der Waals surface area (Å²) in [5.74, 6) is -3.48. The number of carbonyl (C=O) groups is 2. The highest BCUT2D eigenvalue weighted by molar-refractivity contribution is 6.32. The van der Waals surface area contributed by atoms with Gasteiger partial charge < -0.3 is 25.6 Å². The largest absolute Gasteiger partial charge is 0.494 e. The van der Waals surface area contributed by atoms with Crippen LogP contribution in [0.3, 0.4) is 0 Å². The Kier molecular flexibility index (Phi) is 9.16. The van der Waals surface area contributed by atoms with Crippen LogP contribution in [-0.4, -0.2) is 47.2 Å². The van der Waals surface area contributed by atoms with Gasteiger partial charge in [0.15, 0.2) is 11.6 Å². The Balaban J connectivity index is 1.57. The van der Waals surface area contributed by atoms with Crippen molar-refractivity contribution in [2.24, 2.45) is 11.7 Å². The van der Waals surface area contributed by atoms with Crippen molar-refractivity contribution in [1.82, 2.24) is 15.3 Å². The molecule has 0 radical (unpaired) electrons. The highest BCUT2D eigenvalue weighted by atomic mass is 35.5. The number of pyridine rings is 2. The summed E-state index contributed by atoms with van der Waals surface area (Å²) in [6, 6.07) is 8.41. The van der Waals surface area contributed by atoms with Gasteiger partial charge in [0.1, 0.15) is 28.3 Å². The maximum absolute atomic E-state index is 14.5. The fourth-order valence-electron chi connectivity index (χ4n) is 5.25. The van der Waals surface area contributed by atoms with Crippen LogP contribution >= 0.6 is 23.2 Å². The van der Waals surface area contributed by atoms with Crippen molar-refractivity contribution < 1.29 is 33.0 Å². The molecular formula is C32H30Cl2F2N4O5. The van der Waals surface area contributed by atoms with Crippen LogP contribution in [0, 0.1) is 24.5 Å². The molecule has 2 aromatic carbocycles. The highest BCUT2D eigenvalue weighted by Gasteiger charge is 2.47. The molecule has 0 saturated heterocycles. The number of hydrogen-bond acceptors (Lipinski definition) is 7. The smallest absolute Gasteiger partial charge is 0.251 e. The van der Waals surface area contributed by atoms with Gasteiger partial charge in [0.05, 0.1) is 48.1 Å². The van der Waals surface area contributed by atoms with Gasteiger partial charge in [-0.3, -0.25) is 9.59 Å². The topological polar surface area (TPSA) is 137 Å². The lowest BCUT2D eigenvalue weighted by Gasteiger charge is -2.30. The van der Waals surface area contributed by atoms with Gasteiger partial charge in [0.2, 0.25) is 5.91 Å². The van der Waals surface area contributed by atoms with Crippen LogP contribution in [0.1, 0.15) is 47.1 Å². The number of hydrogen-bond donors (Lipinski definition) is 3. The summed E-state index contributed by atoms with van der Waals surface area (Å²) >= 11 is 12.2. The minimum absolute atomic E-state index is 0.0238. The molecule has 0 aliphatic heterocycles. The lowest BCUT2D eigenvalue weighted by atomic mass is 9.90. The van der Waals surface area contributed by atoms with Crippen molar-refractivity contribution in [3.8, 4) is 22.8 Å². The Hall–Kier alpha value is -4.06. The first-order valence-corrected chi connectivity index (χ1v) is 14.9. The lowest BCUT2D eigenvalue weighted by molar-refractivity contribution is -0.117. The molecular weight excluding hydrogens is 629 g/mol. The molecule has 2 heterocycles. The first kappa shape index (κ1) is 32.3. The molecule has 9 nitrogen and oxygen atoms in total. The molecule has 1 aliphatic carbocycles. The fourth-order valence-corrected chi connectivity index (χ4v) is 5.62. The van der Waals surface area contributed by atoms with E-state index in [0.717, 1.165) is 6.07 Å². The predicted molar refractivity (Wildman–Crippen MR) is 166 cm³/mol. The van der Waals surface area contributed by atoms with E-state index in [1.807, 2.05) is 0 Å². The first-order chi connectivity index (χ1) is 21.4. The molecule has 1 fully saturated rings. The maximum atomic E-state index is 14.5. The van der Waals surface area contributed by atoms with E-state index in [4.69, 9.17) is 38.4 Å². The zero-order valence-corrected chi connectivity index (χ0v) is 26.2. The first-order valence-electron chi connectivity index (χ1n) is 14.1. The summed E-state index contributed by atoms with van der Waals surface area (Å²) in [5, 5.41) is 15.4. The Bertz CT molecular complexity index is 1810. The average Bonchev–Trinajstić information content (AvgIpc) is 3.85. The third-order valence-electron chi connectivity index (χ3n) is 7.67. The van der Waals surface area contributed by atoms with Crippen molar-refractivity contribution >= 4 is 45.9 Å². The minimum Gasteiger partial charge on any atom is -0.494 e. The summed E-state index contributed by atoms with van der Waals surface area (Å²) < 4.78 is 39.8. The molecule has 2 aromatic heterocycles. The van der Waals surface area contributed by atoms with E-state index in [0.29, 0.717) is 40.2 Å². The molecule has 2 amide bonds. The number of rotatable bonds is 11. The lowest BCUT2D eigenvalue weighted by Crippen LogP contribution is -2.43. The SMILES string of the molecule is CCOc1c(CC(N)=O)cc([C@@](O)(CNC(=O)c2cc(OC)c3nc(C)c(Cl)cc3c2)C2CC2)nc1-c1cc(F)c(F)c(Cl)c1. The van der Waals surface area contributed by atoms with Gasteiger partial charge in [-0.05, 0) is 69.0 Å². The molecule has 45 heavy (non-hydrogen) atoms. The standard InChI is InChI=1S/C32H30Cl2F2N4O5/c1-4-45-30-18(13-26(37)41)12-25(40-29(30)17-9-22(34)27(36)23(35)10-17)32(43,20-5-6-20)14-38-31(42)19-7-16-8-21(33)15(2)39-28(16)24(11-19)44-3/h7-12,20,43H,4-6,13-14H2,1-3H3,(H2,37,41)(H,38,42)/t32-/m1/s1. The number of nitrogens with two attached hydrogens (primary N) is 1. The molecule has 0 spiro atoms. The van der Waals surface area contributed by atoms with Crippen LogP contribution in [-0.2, 0) is 16.8 Å². The number of benzene rings is 2. The third-order valence-corrected chi connectivity index (χ3v) is 8.33. The fraction of sp³-hybridized carbons (Fsp3) is 0.312. The molecule has 4 N–H and O–H groups in total. The molecule has 1 atom stereocenters. The van der Waals surface area contributed by atoms with Crippen LogP contribution in [0.15, 0.2) is 36.4 Å². The number of fused-ring (bicyclic) bond motifs is 1. The molecule has 4 aromatic rings. The zero-order chi connectivity index (χ0) is 32.6. The normalized spacial score (nSPS) is 14.2. The molecule has 0 unspecified atom stereocenters. The Morgan fingerprint density at radius 3 is 2.47 bits per heavy atom. The Morgan fingerprint density at radius 2 is 1.84 bits per heavy atom. The Labute approximate surface area is 267 Å². The van der Waals surface area contributed by atoms with Crippen LogP contribution in [0.2, 0.25) is 10.0 Å². The number of aliphatic hydroxyl groups is 1. The number of primary amides is 1. The van der Waals surface area contributed by atoms with Crippen molar-refractivity contribution in [3.63, 3.8) is 0 Å². The Morgan fingerprint density at radius 1 is 1.11 bits per heavy atom. The molecule has 0 bridgehead atoms. The van der Waals surface area contributed by atoms with E-state index in [1.165, 1.54) is 19.2 Å². The van der Waals surface area contributed by atoms with Crippen molar-refractivity contribution in [3.05, 3.63) is 80.6 Å². The number of carbonyl (C=O) groups excluding carboxylic acids is 2. The number of nitrogens with zero attached hydrogens (tertiary/aromatic N) is 2. The summed E-state index contributed by atoms with van der Waals surface area (Å²) in [6.45, 7) is 3.35. The number of halogens is 4. The van der Waals surface area contributed by atoms with Gasteiger partial charge in [-0.2, -0.15) is 0 Å². The number of amides is 2. The van der Waals surface area contributed by atoms with Crippen molar-refractivity contribution in [2.45, 2.75) is 38.7 Å². The second-order valence-electron chi connectivity index (χ2n) is 10.9. The van der Waals surface area contributed by atoms with Crippen LogP contribution in [0.5, 0.6) is 11.5 Å². The number of methoxy groups -OCH3 is 1. The van der Waals surface area contributed by atoms with Gasteiger partial charge >= 0.3 is 0 Å². The minimum atomic E-state index is -1.72. The third kappa shape index (κ3) is 6.51. The van der Waals surface area contributed by atoms with E-state index < -0.39 is 34.1 Å². The summed E-state index contributed by atoms with van der Waals surface area (Å²) in [7, 11) is 1.47. The second-order valence-corrected chi connectivity index (χ2v) is 11.7. The van der Waals surface area contributed by atoms with E-state index in [-0.39, 0.29) is 59.3 Å². The molecule has 13 heteroatoms. The van der Waals surface area contributed by atoms with Gasteiger partial charge in [-0.15, -0.1) is 0 Å². The van der Waals surface area contributed by atoms with Gasteiger partial charge in [0.25, 0.3) is 5.91 Å². The second kappa shape index (κ2) is 12.7. The summed E-state index contributed by atoms with van der Waals surface area (Å²) in [6.07, 6.45) is 0.966. The van der Waals surface area contributed by atoms with Crippen molar-refractivity contribution in [2.75, 3.05) is 20.3 Å². The van der Waals surface area contributed by atoms with Crippen LogP contribution in [0.25, 0.3) is 22.2 Å². The van der Waals surface area contributed by atoms with E-state index in [2.05, 4.69) is 15.3 Å². The molecule has 5 rings (SSSR count). The van der Waals surface area contributed by atoms with E-state index in [9.17, 15) is 23.5 Å². The maximum Gasteiger partial charge on any atom is 0.251 e. The van der Waals surface area contributed by atoms with Gasteiger partial charge in [0, 0.05) is 22.1 Å². The predicted octanol–water partition coefficient (Wildman–Crippen LogP) is 5.65. The van der Waals surface area contributed by atoms with E-state index in [1.54, 1.807) is 32.0 Å². The van der Waals surface area contributed by atoms with E-state index >= 15 is 0 Å². The molecule has 236 valence electrons. The molecule has 1 saturated carbocycles. The highest BCUT2D eigenvalue weighted by Crippen LogP contribution is 2.47. The van der Waals surface area contributed by atoms with Crippen LogP contribution in [0.4, 0.5) is 8.78 Å². The number of ether oxygens (including phenoxy) is 2. The monoisotopic (exact) mass is 658 g/mol. The van der Waals surface area contributed by atoms with Crippen molar-refractivity contribution in [1.29, 1.82) is 0 Å².